The molecule has 0 aromatic heterocycles. The lowest BCUT2D eigenvalue weighted by Gasteiger charge is -2.21. The van der Waals surface area contributed by atoms with Gasteiger partial charge in [-0.3, -0.25) is 4.79 Å². The molecule has 1 aliphatic carbocycles. The maximum Gasteiger partial charge on any atom is 0.342 e. The van der Waals surface area contributed by atoms with Gasteiger partial charge in [0, 0.05) is 6.54 Å². The number of amides is 1. The number of esters is 1. The molecular weight excluding hydrogens is 360 g/mol. The third kappa shape index (κ3) is 5.70. The Kier molecular flexibility index (Phi) is 6.98. The molecule has 144 valence electrons. The molecule has 1 aromatic rings. The number of benzene rings is 1. The molecule has 1 saturated carbocycles. The van der Waals surface area contributed by atoms with Crippen molar-refractivity contribution in [2.75, 3.05) is 20.3 Å². The highest BCUT2D eigenvalue weighted by atomic mass is 32.2. The number of carbonyl (C=O) groups excluding carboxylic acids is 2. The average molecular weight is 384 g/mol. The minimum atomic E-state index is -3.98. The molecular formula is C17H24N2O6S. The van der Waals surface area contributed by atoms with Crippen LogP contribution in [0.5, 0.6) is 5.75 Å². The van der Waals surface area contributed by atoms with Gasteiger partial charge in [0.15, 0.2) is 6.61 Å². The first-order valence-electron chi connectivity index (χ1n) is 8.46. The summed E-state index contributed by atoms with van der Waals surface area (Å²) in [4.78, 5) is 23.8. The van der Waals surface area contributed by atoms with Crippen molar-refractivity contribution in [3.05, 3.63) is 23.8 Å². The second kappa shape index (κ2) is 9.00. The van der Waals surface area contributed by atoms with E-state index in [1.54, 1.807) is 0 Å². The molecule has 0 radical (unpaired) electrons. The number of nitrogens with two attached hydrogens (primary N) is 1. The molecule has 0 heterocycles. The lowest BCUT2D eigenvalue weighted by atomic mass is 9.89. The first kappa shape index (κ1) is 20.2. The fourth-order valence-electron chi connectivity index (χ4n) is 2.93. The molecule has 3 N–H and O–H groups in total. The Morgan fingerprint density at radius 3 is 2.54 bits per heavy atom. The maximum atomic E-state index is 12.2. The summed E-state index contributed by atoms with van der Waals surface area (Å²) in [7, 11) is -2.65. The highest BCUT2D eigenvalue weighted by molar-refractivity contribution is 7.89. The predicted molar refractivity (Wildman–Crippen MR) is 94.2 cm³/mol. The molecule has 8 nitrogen and oxygen atoms in total. The summed E-state index contributed by atoms with van der Waals surface area (Å²) >= 11 is 0. The Hall–Kier alpha value is -2.13. The summed E-state index contributed by atoms with van der Waals surface area (Å²) < 4.78 is 32.9. The molecule has 0 bridgehead atoms. The second-order valence-electron chi connectivity index (χ2n) is 6.29. The predicted octanol–water partition coefficient (Wildman–Crippen LogP) is 1.20. The summed E-state index contributed by atoms with van der Waals surface area (Å²) in [5.74, 6) is -0.661. The van der Waals surface area contributed by atoms with E-state index >= 15 is 0 Å². The van der Waals surface area contributed by atoms with Crippen LogP contribution in [0.3, 0.4) is 0 Å². The molecule has 1 amide bonds. The summed E-state index contributed by atoms with van der Waals surface area (Å²) in [5, 5.41) is 7.83. The molecule has 1 aliphatic rings. The Balaban J connectivity index is 1.93. The Labute approximate surface area is 153 Å². The van der Waals surface area contributed by atoms with Gasteiger partial charge in [0.2, 0.25) is 10.0 Å². The fourth-order valence-corrected chi connectivity index (χ4v) is 3.47. The zero-order valence-corrected chi connectivity index (χ0v) is 15.5. The number of methoxy groups -OCH3 is 1. The van der Waals surface area contributed by atoms with E-state index in [0.717, 1.165) is 18.9 Å². The average Bonchev–Trinajstić information content (AvgIpc) is 2.64. The van der Waals surface area contributed by atoms with Crippen LogP contribution in [0.4, 0.5) is 0 Å². The Bertz CT molecular complexity index is 757. The maximum absolute atomic E-state index is 12.2. The van der Waals surface area contributed by atoms with Gasteiger partial charge in [-0.15, -0.1) is 0 Å². The number of ether oxygens (including phenoxy) is 2. The minimum absolute atomic E-state index is 0.112. The third-order valence-electron chi connectivity index (χ3n) is 4.37. The van der Waals surface area contributed by atoms with E-state index < -0.39 is 28.5 Å². The summed E-state index contributed by atoms with van der Waals surface area (Å²) in [5.41, 5.74) is -0.112. The van der Waals surface area contributed by atoms with Crippen LogP contribution in [0.2, 0.25) is 0 Å². The largest absolute Gasteiger partial charge is 0.496 e. The summed E-state index contributed by atoms with van der Waals surface area (Å²) in [6.07, 6.45) is 5.78. The van der Waals surface area contributed by atoms with Crippen molar-refractivity contribution in [1.29, 1.82) is 0 Å². The van der Waals surface area contributed by atoms with Gasteiger partial charge >= 0.3 is 5.97 Å². The van der Waals surface area contributed by atoms with Crippen LogP contribution >= 0.6 is 0 Å². The van der Waals surface area contributed by atoms with Gasteiger partial charge in [0.1, 0.15) is 11.3 Å². The number of nitrogens with one attached hydrogen (secondary N) is 1. The van der Waals surface area contributed by atoms with Crippen molar-refractivity contribution in [3.8, 4) is 5.75 Å². The third-order valence-corrected chi connectivity index (χ3v) is 5.28. The molecule has 1 fully saturated rings. The van der Waals surface area contributed by atoms with Crippen LogP contribution in [-0.4, -0.2) is 40.6 Å². The van der Waals surface area contributed by atoms with Crippen molar-refractivity contribution in [1.82, 2.24) is 5.32 Å². The van der Waals surface area contributed by atoms with Gasteiger partial charge < -0.3 is 14.8 Å². The van der Waals surface area contributed by atoms with Crippen molar-refractivity contribution < 1.29 is 27.5 Å². The van der Waals surface area contributed by atoms with Gasteiger partial charge in [0.25, 0.3) is 5.91 Å². The van der Waals surface area contributed by atoms with Crippen LogP contribution in [0.15, 0.2) is 23.1 Å². The number of rotatable bonds is 7. The number of sulfonamides is 1. The monoisotopic (exact) mass is 384 g/mol. The van der Waals surface area contributed by atoms with Crippen LogP contribution < -0.4 is 15.2 Å². The van der Waals surface area contributed by atoms with E-state index in [0.29, 0.717) is 12.5 Å². The second-order valence-corrected chi connectivity index (χ2v) is 7.85. The zero-order valence-electron chi connectivity index (χ0n) is 14.7. The minimum Gasteiger partial charge on any atom is -0.496 e. The fraction of sp³-hybridized carbons (Fsp3) is 0.529. The molecule has 9 heteroatoms. The van der Waals surface area contributed by atoms with E-state index in [1.165, 1.54) is 38.5 Å². The summed E-state index contributed by atoms with van der Waals surface area (Å²) in [6.45, 7) is 0.120. The van der Waals surface area contributed by atoms with E-state index in [-0.39, 0.29) is 16.2 Å². The molecule has 0 aliphatic heterocycles. The van der Waals surface area contributed by atoms with Gasteiger partial charge in [-0.05, 0) is 37.0 Å². The van der Waals surface area contributed by atoms with Crippen LogP contribution in [0.1, 0.15) is 42.5 Å². The number of hydrogen-bond acceptors (Lipinski definition) is 6. The van der Waals surface area contributed by atoms with E-state index in [2.05, 4.69) is 5.32 Å². The quantitative estimate of drug-likeness (QED) is 0.681. The highest BCUT2D eigenvalue weighted by Gasteiger charge is 2.20. The smallest absolute Gasteiger partial charge is 0.342 e. The van der Waals surface area contributed by atoms with E-state index in [4.69, 9.17) is 14.6 Å². The number of carbonyl (C=O) groups is 2. The topological polar surface area (TPSA) is 125 Å². The standard InChI is InChI=1S/C17H24N2O6S/c1-24-15-8-7-13(26(18,22)23)9-14(15)17(21)25-11-16(20)19-10-12-5-3-2-4-6-12/h7-9,12H,2-6,10-11H2,1H3,(H,19,20)(H2,18,22,23). The first-order chi connectivity index (χ1) is 12.3. The van der Waals surface area contributed by atoms with Crippen molar-refractivity contribution in [3.63, 3.8) is 0 Å². The first-order valence-corrected chi connectivity index (χ1v) is 10.0. The molecule has 26 heavy (non-hydrogen) atoms. The van der Waals surface area contributed by atoms with E-state index in [9.17, 15) is 18.0 Å². The number of hydrogen-bond donors (Lipinski definition) is 2. The normalized spacial score (nSPS) is 15.3. The highest BCUT2D eigenvalue weighted by Crippen LogP contribution is 2.23. The lowest BCUT2D eigenvalue weighted by molar-refractivity contribution is -0.124. The molecule has 2 rings (SSSR count). The zero-order chi connectivity index (χ0) is 19.2. The van der Waals surface area contributed by atoms with Crippen LogP contribution in [0.25, 0.3) is 0 Å². The Morgan fingerprint density at radius 2 is 1.92 bits per heavy atom. The van der Waals surface area contributed by atoms with Crippen LogP contribution in [0, 0.1) is 5.92 Å². The molecule has 0 atom stereocenters. The van der Waals surface area contributed by atoms with Gasteiger partial charge in [-0.2, -0.15) is 0 Å². The lowest BCUT2D eigenvalue weighted by Crippen LogP contribution is -2.33. The van der Waals surface area contributed by atoms with Crippen molar-refractivity contribution in [2.45, 2.75) is 37.0 Å². The van der Waals surface area contributed by atoms with Gasteiger partial charge in [-0.1, -0.05) is 19.3 Å². The molecule has 0 saturated heterocycles. The van der Waals surface area contributed by atoms with Crippen molar-refractivity contribution in [2.24, 2.45) is 11.1 Å². The number of primary sulfonamides is 1. The molecule has 0 spiro atoms. The summed E-state index contributed by atoms with van der Waals surface area (Å²) in [6, 6.07) is 3.59. The van der Waals surface area contributed by atoms with Gasteiger partial charge in [0.05, 0.1) is 12.0 Å². The molecule has 1 aromatic carbocycles. The van der Waals surface area contributed by atoms with Crippen molar-refractivity contribution >= 4 is 21.9 Å². The molecule has 0 unspecified atom stereocenters. The Morgan fingerprint density at radius 1 is 1.23 bits per heavy atom. The van der Waals surface area contributed by atoms with Crippen LogP contribution in [-0.2, 0) is 19.6 Å². The van der Waals surface area contributed by atoms with E-state index in [1.807, 2.05) is 0 Å². The van der Waals surface area contributed by atoms with Gasteiger partial charge in [-0.25, -0.2) is 18.4 Å². The SMILES string of the molecule is COc1ccc(S(N)(=O)=O)cc1C(=O)OCC(=O)NCC1CCCCC1.